The minimum atomic E-state index is -0.406. The average molecular weight is 366 g/mol. The van der Waals surface area contributed by atoms with Gasteiger partial charge < -0.3 is 5.32 Å². The van der Waals surface area contributed by atoms with Crippen molar-refractivity contribution in [1.82, 2.24) is 4.59 Å². The van der Waals surface area contributed by atoms with Gasteiger partial charge in [0.15, 0.2) is 17.1 Å². The Kier molecular flexibility index (Phi) is 5.11. The van der Waals surface area contributed by atoms with Gasteiger partial charge in [0.1, 0.15) is 7.05 Å². The highest BCUT2D eigenvalue weighted by Gasteiger charge is 2.38. The van der Waals surface area contributed by atoms with Crippen LogP contribution in [0.1, 0.15) is 0 Å². The Bertz CT molecular complexity index is 934. The number of benzene rings is 2. The summed E-state index contributed by atoms with van der Waals surface area (Å²) in [7, 11) is 1.81. The second-order valence-corrected chi connectivity index (χ2v) is 6.27. The molecule has 2 N–H and O–H groups in total. The average Bonchev–Trinajstić information content (AvgIpc) is 3.05. The van der Waals surface area contributed by atoms with Gasteiger partial charge in [-0.3, -0.25) is 10.2 Å². The van der Waals surface area contributed by atoms with E-state index in [-0.39, 0.29) is 10.3 Å². The molecule has 0 spiro atoms. The number of rotatable bonds is 6. The van der Waals surface area contributed by atoms with Crippen LogP contribution in [-0.2, 0) is 4.79 Å². The molecular formula is C20H18ClN4O+. The number of nitrogens with one attached hydrogen (secondary N) is 2. The maximum absolute atomic E-state index is 12.4. The molecule has 130 valence electrons. The van der Waals surface area contributed by atoms with Crippen molar-refractivity contribution in [3.05, 3.63) is 83.7 Å². The molecule has 1 heterocycles. The first-order valence-electron chi connectivity index (χ1n) is 8.01. The summed E-state index contributed by atoms with van der Waals surface area (Å²) >= 11 is 6.08. The van der Waals surface area contributed by atoms with Gasteiger partial charge in [-0.2, -0.15) is 0 Å². The van der Waals surface area contributed by atoms with Crippen LogP contribution in [0.4, 0.5) is 11.4 Å². The molecule has 1 aliphatic heterocycles. The molecule has 0 aliphatic carbocycles. The number of hydrogen-bond donors (Lipinski definition) is 2. The third-order valence-electron chi connectivity index (χ3n) is 4.07. The maximum atomic E-state index is 12.4. The van der Waals surface area contributed by atoms with Gasteiger partial charge in [0.25, 0.3) is 0 Å². The lowest BCUT2D eigenvalue weighted by molar-refractivity contribution is -0.109. The van der Waals surface area contributed by atoms with Crippen molar-refractivity contribution in [2.24, 2.45) is 5.10 Å². The fourth-order valence-electron chi connectivity index (χ4n) is 2.66. The molecular weight excluding hydrogens is 348 g/mol. The Morgan fingerprint density at radius 1 is 1.19 bits per heavy atom. The van der Waals surface area contributed by atoms with Crippen molar-refractivity contribution >= 4 is 40.7 Å². The number of para-hydroxylation sites is 1. The molecule has 0 saturated heterocycles. The fraction of sp³-hybridized carbons (Fsp3) is 0.0500. The highest BCUT2D eigenvalue weighted by atomic mass is 35.5. The van der Waals surface area contributed by atoms with E-state index in [4.69, 9.17) is 17.0 Å². The summed E-state index contributed by atoms with van der Waals surface area (Å²) in [5.74, 6) is -0.406. The van der Waals surface area contributed by atoms with Gasteiger partial charge in [-0.05, 0) is 18.2 Å². The summed E-state index contributed by atoms with van der Waals surface area (Å²) in [5, 5.41) is 16.3. The number of ketones is 1. The van der Waals surface area contributed by atoms with Crippen molar-refractivity contribution in [3.8, 4) is 0 Å². The van der Waals surface area contributed by atoms with Crippen molar-refractivity contribution in [2.75, 3.05) is 12.4 Å². The fourth-order valence-corrected chi connectivity index (χ4v) is 2.84. The van der Waals surface area contributed by atoms with Gasteiger partial charge in [0.2, 0.25) is 5.78 Å². The van der Waals surface area contributed by atoms with E-state index in [1.165, 1.54) is 12.3 Å². The van der Waals surface area contributed by atoms with Crippen LogP contribution in [-0.4, -0.2) is 24.8 Å². The second-order valence-electron chi connectivity index (χ2n) is 5.84. The first kappa shape index (κ1) is 17.8. The largest absolute Gasteiger partial charge is 0.362 e. The monoisotopic (exact) mass is 365 g/mol. The predicted molar refractivity (Wildman–Crippen MR) is 108 cm³/mol. The first-order valence-corrected chi connectivity index (χ1v) is 8.39. The lowest BCUT2D eigenvalue weighted by atomic mass is 10.1. The number of anilines is 1. The zero-order chi connectivity index (χ0) is 18.6. The van der Waals surface area contributed by atoms with Crippen LogP contribution in [0.2, 0.25) is 5.02 Å². The summed E-state index contributed by atoms with van der Waals surface area (Å²) in [4.78, 5) is 12.4. The Balaban J connectivity index is 1.75. The topological polar surface area (TPSA) is 65.3 Å². The number of carbonyl (C=O) groups excluding carboxylic acids is 1. The SMILES string of the molecule is C[N+]1(c2cccc(Cl)c2)N=CC=C1C(=N)C(=O)C=CNc1ccccc1. The quantitative estimate of drug-likeness (QED) is 0.453. The molecule has 0 aromatic heterocycles. The van der Waals surface area contributed by atoms with Gasteiger partial charge in [-0.15, -0.1) is 4.59 Å². The summed E-state index contributed by atoms with van der Waals surface area (Å²) in [6.07, 6.45) is 6.16. The molecule has 1 atom stereocenters. The summed E-state index contributed by atoms with van der Waals surface area (Å²) in [5.41, 5.74) is 2.02. The molecule has 2 aromatic rings. The minimum absolute atomic E-state index is 0.0227. The summed E-state index contributed by atoms with van der Waals surface area (Å²) in [6, 6.07) is 16.7. The predicted octanol–water partition coefficient (Wildman–Crippen LogP) is 4.38. The Labute approximate surface area is 157 Å². The van der Waals surface area contributed by atoms with E-state index in [2.05, 4.69) is 10.4 Å². The Hall–Kier alpha value is -3.02. The molecule has 0 amide bonds. The van der Waals surface area contributed by atoms with Crippen LogP contribution < -0.4 is 9.91 Å². The molecule has 1 unspecified atom stereocenters. The van der Waals surface area contributed by atoms with Crippen molar-refractivity contribution in [1.29, 1.82) is 5.41 Å². The standard InChI is InChI=1S/C20H17ClN4O/c1-25(17-9-5-6-15(21)14-17)18(10-13-24-25)20(22)19(26)11-12-23-16-7-3-2-4-8-16/h2-14,22H,1H3/p+1. The van der Waals surface area contributed by atoms with E-state index in [1.54, 1.807) is 24.4 Å². The third kappa shape index (κ3) is 3.64. The molecule has 0 bridgehead atoms. The van der Waals surface area contributed by atoms with Crippen LogP contribution in [0.15, 0.2) is 83.7 Å². The van der Waals surface area contributed by atoms with Crippen LogP contribution in [0.25, 0.3) is 0 Å². The third-order valence-corrected chi connectivity index (χ3v) is 4.31. The van der Waals surface area contributed by atoms with E-state index in [1.807, 2.05) is 49.5 Å². The summed E-state index contributed by atoms with van der Waals surface area (Å²) in [6.45, 7) is 0. The van der Waals surface area contributed by atoms with Crippen molar-refractivity contribution in [3.63, 3.8) is 0 Å². The molecule has 2 aromatic carbocycles. The van der Waals surface area contributed by atoms with Crippen LogP contribution in [0, 0.1) is 5.41 Å². The van der Waals surface area contributed by atoms with E-state index < -0.39 is 5.78 Å². The van der Waals surface area contributed by atoms with Crippen LogP contribution in [0.5, 0.6) is 0 Å². The molecule has 5 nitrogen and oxygen atoms in total. The molecule has 0 saturated carbocycles. The highest BCUT2D eigenvalue weighted by Crippen LogP contribution is 2.32. The first-order chi connectivity index (χ1) is 12.5. The number of nitrogens with zero attached hydrogens (tertiary/aromatic N) is 2. The van der Waals surface area contributed by atoms with Crippen LogP contribution >= 0.6 is 11.6 Å². The lowest BCUT2D eigenvalue weighted by Crippen LogP contribution is -2.41. The number of carbonyl (C=O) groups is 1. The molecule has 0 radical (unpaired) electrons. The van der Waals surface area contributed by atoms with Gasteiger partial charge >= 0.3 is 0 Å². The molecule has 3 rings (SSSR count). The van der Waals surface area contributed by atoms with Gasteiger partial charge in [-0.1, -0.05) is 41.0 Å². The highest BCUT2D eigenvalue weighted by molar-refractivity contribution is 6.49. The van der Waals surface area contributed by atoms with E-state index in [0.29, 0.717) is 10.7 Å². The molecule has 0 fully saturated rings. The maximum Gasteiger partial charge on any atom is 0.211 e. The lowest BCUT2D eigenvalue weighted by Gasteiger charge is -2.25. The molecule has 6 heteroatoms. The number of halogens is 1. The molecule has 1 aliphatic rings. The minimum Gasteiger partial charge on any atom is -0.362 e. The zero-order valence-electron chi connectivity index (χ0n) is 14.2. The van der Waals surface area contributed by atoms with E-state index in [9.17, 15) is 4.79 Å². The molecule has 26 heavy (non-hydrogen) atoms. The zero-order valence-corrected chi connectivity index (χ0v) is 14.9. The van der Waals surface area contributed by atoms with Gasteiger partial charge in [-0.25, -0.2) is 0 Å². The van der Waals surface area contributed by atoms with E-state index in [0.717, 1.165) is 11.4 Å². The van der Waals surface area contributed by atoms with E-state index >= 15 is 0 Å². The second kappa shape index (κ2) is 7.47. The Morgan fingerprint density at radius 2 is 1.96 bits per heavy atom. The normalized spacial score (nSPS) is 18.8. The summed E-state index contributed by atoms with van der Waals surface area (Å²) < 4.78 is -0.0227. The number of allylic oxidation sites excluding steroid dienone is 3. The van der Waals surface area contributed by atoms with Crippen molar-refractivity contribution in [2.45, 2.75) is 0 Å². The van der Waals surface area contributed by atoms with Crippen LogP contribution in [0.3, 0.4) is 0 Å². The van der Waals surface area contributed by atoms with Crippen molar-refractivity contribution < 1.29 is 4.79 Å². The number of hydrogen-bond acceptors (Lipinski definition) is 4. The van der Waals surface area contributed by atoms with Gasteiger partial charge in [0.05, 0.1) is 6.21 Å². The smallest absolute Gasteiger partial charge is 0.211 e. The number of quaternary nitrogens is 1. The Morgan fingerprint density at radius 3 is 2.69 bits per heavy atom. The van der Waals surface area contributed by atoms with Gasteiger partial charge in [0, 0.05) is 41.2 Å².